The number of para-hydroxylation sites is 1. The second-order valence-electron chi connectivity index (χ2n) is 5.17. The van der Waals surface area contributed by atoms with Crippen molar-refractivity contribution in [2.75, 3.05) is 11.9 Å². The SMILES string of the molecule is CC(C)CNC(=O)c1cncc(Nc2ccccc2Cl)c1. The molecule has 1 aromatic carbocycles. The Hall–Kier alpha value is -2.07. The molecule has 0 aliphatic rings. The molecule has 0 atom stereocenters. The maximum atomic E-state index is 12.0. The first-order chi connectivity index (χ1) is 10.1. The van der Waals surface area contributed by atoms with Gasteiger partial charge in [0.15, 0.2) is 0 Å². The summed E-state index contributed by atoms with van der Waals surface area (Å²) >= 11 is 6.10. The molecule has 0 saturated heterocycles. The molecule has 0 radical (unpaired) electrons. The first-order valence-electron chi connectivity index (χ1n) is 6.81. The summed E-state index contributed by atoms with van der Waals surface area (Å²) in [6.45, 7) is 4.74. The van der Waals surface area contributed by atoms with Crippen LogP contribution in [0.1, 0.15) is 24.2 Å². The fourth-order valence-corrected chi connectivity index (χ4v) is 1.93. The Morgan fingerprint density at radius 3 is 2.76 bits per heavy atom. The van der Waals surface area contributed by atoms with Gasteiger partial charge >= 0.3 is 0 Å². The minimum atomic E-state index is -0.126. The van der Waals surface area contributed by atoms with Crippen molar-refractivity contribution in [2.45, 2.75) is 13.8 Å². The van der Waals surface area contributed by atoms with E-state index in [2.05, 4.69) is 15.6 Å². The molecule has 0 bridgehead atoms. The molecule has 0 saturated carbocycles. The van der Waals surface area contributed by atoms with E-state index in [0.29, 0.717) is 23.0 Å². The molecule has 0 unspecified atom stereocenters. The fraction of sp³-hybridized carbons (Fsp3) is 0.250. The van der Waals surface area contributed by atoms with Gasteiger partial charge in [0.05, 0.1) is 28.2 Å². The van der Waals surface area contributed by atoms with Gasteiger partial charge in [0.1, 0.15) is 0 Å². The van der Waals surface area contributed by atoms with Crippen LogP contribution < -0.4 is 10.6 Å². The standard InChI is InChI=1S/C16H18ClN3O/c1-11(2)8-19-16(21)12-7-13(10-18-9-12)20-15-6-4-3-5-14(15)17/h3-7,9-11,20H,8H2,1-2H3,(H,19,21). The number of aromatic nitrogens is 1. The molecule has 4 nitrogen and oxygen atoms in total. The summed E-state index contributed by atoms with van der Waals surface area (Å²) in [5.74, 6) is 0.283. The van der Waals surface area contributed by atoms with E-state index in [1.807, 2.05) is 32.0 Å². The molecule has 1 amide bonds. The van der Waals surface area contributed by atoms with Gasteiger partial charge in [0.2, 0.25) is 0 Å². The van der Waals surface area contributed by atoms with E-state index < -0.39 is 0 Å². The predicted molar refractivity (Wildman–Crippen MR) is 86.1 cm³/mol. The number of anilines is 2. The molecule has 0 aliphatic heterocycles. The Morgan fingerprint density at radius 1 is 1.29 bits per heavy atom. The number of pyridine rings is 1. The number of benzene rings is 1. The fourth-order valence-electron chi connectivity index (χ4n) is 1.75. The zero-order valence-electron chi connectivity index (χ0n) is 12.1. The van der Waals surface area contributed by atoms with Crippen LogP contribution in [0.4, 0.5) is 11.4 Å². The lowest BCUT2D eigenvalue weighted by Crippen LogP contribution is -2.27. The maximum Gasteiger partial charge on any atom is 0.252 e. The minimum absolute atomic E-state index is 0.126. The van der Waals surface area contributed by atoms with Crippen molar-refractivity contribution >= 4 is 28.9 Å². The summed E-state index contributed by atoms with van der Waals surface area (Å²) in [6.07, 6.45) is 3.20. The summed E-state index contributed by atoms with van der Waals surface area (Å²) in [5, 5.41) is 6.64. The van der Waals surface area contributed by atoms with Crippen LogP contribution in [0.25, 0.3) is 0 Å². The number of nitrogens with one attached hydrogen (secondary N) is 2. The normalized spacial score (nSPS) is 10.5. The second kappa shape index (κ2) is 7.09. The number of nitrogens with zero attached hydrogens (tertiary/aromatic N) is 1. The van der Waals surface area contributed by atoms with Gasteiger partial charge in [-0.2, -0.15) is 0 Å². The van der Waals surface area contributed by atoms with Crippen molar-refractivity contribution < 1.29 is 4.79 Å². The molecule has 0 fully saturated rings. The van der Waals surface area contributed by atoms with Gasteiger partial charge in [-0.15, -0.1) is 0 Å². The van der Waals surface area contributed by atoms with Crippen molar-refractivity contribution in [3.63, 3.8) is 0 Å². The van der Waals surface area contributed by atoms with Crippen LogP contribution >= 0.6 is 11.6 Å². The third-order valence-corrected chi connectivity index (χ3v) is 3.15. The van der Waals surface area contributed by atoms with Gasteiger partial charge in [0.25, 0.3) is 5.91 Å². The first kappa shape index (κ1) is 15.3. The summed E-state index contributed by atoms with van der Waals surface area (Å²) in [4.78, 5) is 16.1. The summed E-state index contributed by atoms with van der Waals surface area (Å²) < 4.78 is 0. The lowest BCUT2D eigenvalue weighted by Gasteiger charge is -2.10. The zero-order chi connectivity index (χ0) is 15.2. The number of carbonyl (C=O) groups excluding carboxylic acids is 1. The largest absolute Gasteiger partial charge is 0.353 e. The van der Waals surface area contributed by atoms with Crippen molar-refractivity contribution in [3.05, 3.63) is 53.3 Å². The highest BCUT2D eigenvalue weighted by atomic mass is 35.5. The van der Waals surface area contributed by atoms with E-state index in [0.717, 1.165) is 11.4 Å². The molecule has 2 rings (SSSR count). The summed E-state index contributed by atoms with van der Waals surface area (Å²) in [7, 11) is 0. The van der Waals surface area contributed by atoms with Crippen LogP contribution in [-0.4, -0.2) is 17.4 Å². The number of rotatable bonds is 5. The Kier molecular flexibility index (Phi) is 5.17. The Morgan fingerprint density at radius 2 is 2.05 bits per heavy atom. The highest BCUT2D eigenvalue weighted by molar-refractivity contribution is 6.33. The molecule has 1 heterocycles. The summed E-state index contributed by atoms with van der Waals surface area (Å²) in [6, 6.07) is 9.18. The molecule has 2 N–H and O–H groups in total. The topological polar surface area (TPSA) is 54.0 Å². The van der Waals surface area contributed by atoms with Gasteiger partial charge in [-0.1, -0.05) is 37.6 Å². The quantitative estimate of drug-likeness (QED) is 0.881. The van der Waals surface area contributed by atoms with E-state index in [1.165, 1.54) is 0 Å². The lowest BCUT2D eigenvalue weighted by molar-refractivity contribution is 0.0948. The van der Waals surface area contributed by atoms with E-state index in [-0.39, 0.29) is 5.91 Å². The highest BCUT2D eigenvalue weighted by Crippen LogP contribution is 2.24. The Balaban J connectivity index is 2.11. The molecule has 2 aromatic rings. The van der Waals surface area contributed by atoms with Gasteiger partial charge in [-0.25, -0.2) is 0 Å². The Bertz CT molecular complexity index is 628. The van der Waals surface area contributed by atoms with Gasteiger partial charge in [0, 0.05) is 12.7 Å². The molecule has 21 heavy (non-hydrogen) atoms. The van der Waals surface area contributed by atoms with Crippen LogP contribution in [0.5, 0.6) is 0 Å². The van der Waals surface area contributed by atoms with Gasteiger partial charge in [-0.3, -0.25) is 9.78 Å². The van der Waals surface area contributed by atoms with Crippen LogP contribution in [0.15, 0.2) is 42.7 Å². The third-order valence-electron chi connectivity index (χ3n) is 2.82. The van der Waals surface area contributed by atoms with Crippen molar-refractivity contribution in [3.8, 4) is 0 Å². The zero-order valence-corrected chi connectivity index (χ0v) is 12.8. The number of carbonyl (C=O) groups is 1. The predicted octanol–water partition coefficient (Wildman–Crippen LogP) is 3.86. The van der Waals surface area contributed by atoms with Crippen molar-refractivity contribution in [1.82, 2.24) is 10.3 Å². The number of halogens is 1. The van der Waals surface area contributed by atoms with E-state index in [1.54, 1.807) is 24.5 Å². The second-order valence-corrected chi connectivity index (χ2v) is 5.58. The Labute approximate surface area is 129 Å². The average molecular weight is 304 g/mol. The monoisotopic (exact) mass is 303 g/mol. The minimum Gasteiger partial charge on any atom is -0.353 e. The van der Waals surface area contributed by atoms with E-state index >= 15 is 0 Å². The van der Waals surface area contributed by atoms with Crippen LogP contribution in [0.2, 0.25) is 5.02 Å². The van der Waals surface area contributed by atoms with Crippen molar-refractivity contribution in [2.24, 2.45) is 5.92 Å². The third kappa shape index (κ3) is 4.46. The van der Waals surface area contributed by atoms with Gasteiger partial charge in [-0.05, 0) is 24.1 Å². The van der Waals surface area contributed by atoms with E-state index in [4.69, 9.17) is 11.6 Å². The molecular formula is C16H18ClN3O. The molecule has 5 heteroatoms. The van der Waals surface area contributed by atoms with Crippen LogP contribution in [-0.2, 0) is 0 Å². The first-order valence-corrected chi connectivity index (χ1v) is 7.19. The van der Waals surface area contributed by atoms with Crippen LogP contribution in [0, 0.1) is 5.92 Å². The molecule has 1 aromatic heterocycles. The number of hydrogen-bond acceptors (Lipinski definition) is 3. The van der Waals surface area contributed by atoms with E-state index in [9.17, 15) is 4.79 Å². The molecular weight excluding hydrogens is 286 g/mol. The number of hydrogen-bond donors (Lipinski definition) is 2. The lowest BCUT2D eigenvalue weighted by atomic mass is 10.2. The van der Waals surface area contributed by atoms with Crippen molar-refractivity contribution in [1.29, 1.82) is 0 Å². The molecule has 0 aliphatic carbocycles. The molecule has 110 valence electrons. The highest BCUT2D eigenvalue weighted by Gasteiger charge is 2.08. The average Bonchev–Trinajstić information content (AvgIpc) is 2.47. The maximum absolute atomic E-state index is 12.0. The molecule has 0 spiro atoms. The smallest absolute Gasteiger partial charge is 0.252 e. The summed E-state index contributed by atoms with van der Waals surface area (Å²) in [5.41, 5.74) is 2.02. The number of amides is 1. The van der Waals surface area contributed by atoms with Crippen LogP contribution in [0.3, 0.4) is 0 Å². The van der Waals surface area contributed by atoms with Gasteiger partial charge < -0.3 is 10.6 Å².